The average molecular weight is 196 g/mol. The SMILES string of the molecule is COc1c(CC2(O)CC2)c(C)nn1C. The van der Waals surface area contributed by atoms with Gasteiger partial charge >= 0.3 is 0 Å². The lowest BCUT2D eigenvalue weighted by Crippen LogP contribution is -2.12. The van der Waals surface area contributed by atoms with E-state index in [1.54, 1.807) is 11.8 Å². The second kappa shape index (κ2) is 2.98. The maximum Gasteiger partial charge on any atom is 0.214 e. The van der Waals surface area contributed by atoms with Gasteiger partial charge in [0.05, 0.1) is 18.4 Å². The Balaban J connectivity index is 2.30. The Morgan fingerprint density at radius 1 is 1.57 bits per heavy atom. The summed E-state index contributed by atoms with van der Waals surface area (Å²) in [6.07, 6.45) is 2.45. The van der Waals surface area contributed by atoms with Crippen LogP contribution in [-0.4, -0.2) is 27.6 Å². The highest BCUT2D eigenvalue weighted by atomic mass is 16.5. The highest BCUT2D eigenvalue weighted by molar-refractivity contribution is 5.33. The topological polar surface area (TPSA) is 47.3 Å². The molecular weight excluding hydrogens is 180 g/mol. The molecule has 1 aliphatic rings. The van der Waals surface area contributed by atoms with Gasteiger partial charge in [-0.05, 0) is 19.8 Å². The van der Waals surface area contributed by atoms with Crippen LogP contribution in [0.4, 0.5) is 0 Å². The molecule has 4 nitrogen and oxygen atoms in total. The molecule has 78 valence electrons. The molecule has 0 spiro atoms. The number of aliphatic hydroxyl groups is 1. The molecule has 1 N–H and O–H groups in total. The number of ether oxygens (including phenoxy) is 1. The average Bonchev–Trinajstić information content (AvgIpc) is 2.76. The zero-order valence-electron chi connectivity index (χ0n) is 8.87. The Labute approximate surface area is 83.5 Å². The molecule has 4 heteroatoms. The summed E-state index contributed by atoms with van der Waals surface area (Å²) in [6, 6.07) is 0. The highest BCUT2D eigenvalue weighted by Gasteiger charge is 2.41. The van der Waals surface area contributed by atoms with Gasteiger partial charge in [0.2, 0.25) is 5.88 Å². The lowest BCUT2D eigenvalue weighted by Gasteiger charge is -2.08. The van der Waals surface area contributed by atoms with Crippen LogP contribution in [0.1, 0.15) is 24.1 Å². The standard InChI is InChI=1S/C10H16N2O2/c1-7-8(6-10(13)4-5-10)9(14-3)12(2)11-7/h13H,4-6H2,1-3H3. The molecule has 0 amide bonds. The van der Waals surface area contributed by atoms with E-state index in [0.29, 0.717) is 6.42 Å². The lowest BCUT2D eigenvalue weighted by atomic mass is 10.1. The first kappa shape index (κ1) is 9.52. The van der Waals surface area contributed by atoms with Gasteiger partial charge in [-0.15, -0.1) is 0 Å². The summed E-state index contributed by atoms with van der Waals surface area (Å²) in [5.41, 5.74) is 1.50. The van der Waals surface area contributed by atoms with Crippen LogP contribution in [0.5, 0.6) is 5.88 Å². The molecule has 0 aromatic carbocycles. The van der Waals surface area contributed by atoms with E-state index in [1.807, 2.05) is 14.0 Å². The monoisotopic (exact) mass is 196 g/mol. The normalized spacial score (nSPS) is 18.3. The van der Waals surface area contributed by atoms with Gasteiger partial charge in [-0.25, -0.2) is 4.68 Å². The van der Waals surface area contributed by atoms with Gasteiger partial charge < -0.3 is 9.84 Å². The van der Waals surface area contributed by atoms with Crippen LogP contribution in [0.25, 0.3) is 0 Å². The molecule has 0 bridgehead atoms. The van der Waals surface area contributed by atoms with E-state index in [1.165, 1.54) is 0 Å². The van der Waals surface area contributed by atoms with Crippen LogP contribution in [0.3, 0.4) is 0 Å². The van der Waals surface area contributed by atoms with Crippen LogP contribution >= 0.6 is 0 Å². The molecule has 14 heavy (non-hydrogen) atoms. The molecule has 0 aliphatic heterocycles. The number of hydrogen-bond acceptors (Lipinski definition) is 3. The predicted octanol–water partition coefficient (Wildman–Crippen LogP) is 0.805. The number of hydrogen-bond donors (Lipinski definition) is 1. The van der Waals surface area contributed by atoms with E-state index in [4.69, 9.17) is 4.74 Å². The Hall–Kier alpha value is -1.03. The number of nitrogens with zero attached hydrogens (tertiary/aromatic N) is 2. The minimum atomic E-state index is -0.485. The number of aromatic nitrogens is 2. The fourth-order valence-electron chi connectivity index (χ4n) is 1.79. The Morgan fingerprint density at radius 3 is 2.71 bits per heavy atom. The smallest absolute Gasteiger partial charge is 0.214 e. The van der Waals surface area contributed by atoms with Crippen LogP contribution in [0, 0.1) is 6.92 Å². The Bertz CT molecular complexity index is 353. The van der Waals surface area contributed by atoms with Crippen LogP contribution in [-0.2, 0) is 13.5 Å². The van der Waals surface area contributed by atoms with Crippen molar-refractivity contribution in [3.8, 4) is 5.88 Å². The fraction of sp³-hybridized carbons (Fsp3) is 0.700. The van der Waals surface area contributed by atoms with Crippen molar-refractivity contribution >= 4 is 0 Å². The third-order valence-corrected chi connectivity index (χ3v) is 2.82. The van der Waals surface area contributed by atoms with Gasteiger partial charge in [-0.1, -0.05) is 0 Å². The molecular formula is C10H16N2O2. The zero-order valence-corrected chi connectivity index (χ0v) is 8.87. The van der Waals surface area contributed by atoms with E-state index in [0.717, 1.165) is 30.0 Å². The maximum atomic E-state index is 9.84. The summed E-state index contributed by atoms with van der Waals surface area (Å²) in [6.45, 7) is 1.95. The summed E-state index contributed by atoms with van der Waals surface area (Å²) in [5.74, 6) is 0.767. The van der Waals surface area contributed by atoms with Crippen molar-refractivity contribution in [1.82, 2.24) is 9.78 Å². The van der Waals surface area contributed by atoms with Gasteiger partial charge in [0, 0.05) is 19.0 Å². The van der Waals surface area contributed by atoms with Crippen molar-refractivity contribution in [2.45, 2.75) is 31.8 Å². The zero-order chi connectivity index (χ0) is 10.3. The molecule has 1 aromatic heterocycles. The van der Waals surface area contributed by atoms with E-state index < -0.39 is 5.60 Å². The summed E-state index contributed by atoms with van der Waals surface area (Å²) in [5, 5.41) is 14.1. The van der Waals surface area contributed by atoms with Gasteiger partial charge in [-0.3, -0.25) is 0 Å². The summed E-state index contributed by atoms with van der Waals surface area (Å²) >= 11 is 0. The van der Waals surface area contributed by atoms with E-state index in [2.05, 4.69) is 5.10 Å². The summed E-state index contributed by atoms with van der Waals surface area (Å²) in [7, 11) is 3.49. The lowest BCUT2D eigenvalue weighted by molar-refractivity contribution is 0.149. The Morgan fingerprint density at radius 2 is 2.21 bits per heavy atom. The molecule has 0 unspecified atom stereocenters. The number of rotatable bonds is 3. The number of aryl methyl sites for hydroxylation is 2. The first-order chi connectivity index (χ1) is 6.56. The molecule has 1 heterocycles. The molecule has 0 radical (unpaired) electrons. The largest absolute Gasteiger partial charge is 0.481 e. The minimum absolute atomic E-state index is 0.485. The molecule has 1 saturated carbocycles. The van der Waals surface area contributed by atoms with Gasteiger partial charge in [0.15, 0.2) is 0 Å². The van der Waals surface area contributed by atoms with Gasteiger partial charge in [0.1, 0.15) is 0 Å². The van der Waals surface area contributed by atoms with Gasteiger partial charge in [0.25, 0.3) is 0 Å². The van der Waals surface area contributed by atoms with Crippen molar-refractivity contribution in [3.05, 3.63) is 11.3 Å². The second-order valence-corrected chi connectivity index (χ2v) is 4.10. The van der Waals surface area contributed by atoms with Crippen LogP contribution in [0.15, 0.2) is 0 Å². The molecule has 1 fully saturated rings. The molecule has 0 saturated heterocycles. The van der Waals surface area contributed by atoms with Crippen molar-refractivity contribution in [2.75, 3.05) is 7.11 Å². The second-order valence-electron chi connectivity index (χ2n) is 4.10. The number of methoxy groups -OCH3 is 1. The molecule has 1 aliphatic carbocycles. The fourth-order valence-corrected chi connectivity index (χ4v) is 1.79. The molecule has 0 atom stereocenters. The third-order valence-electron chi connectivity index (χ3n) is 2.82. The summed E-state index contributed by atoms with van der Waals surface area (Å²) < 4.78 is 6.98. The summed E-state index contributed by atoms with van der Waals surface area (Å²) in [4.78, 5) is 0. The first-order valence-electron chi connectivity index (χ1n) is 4.84. The van der Waals surface area contributed by atoms with Crippen LogP contribution in [0.2, 0.25) is 0 Å². The molecule has 2 rings (SSSR count). The van der Waals surface area contributed by atoms with E-state index in [9.17, 15) is 5.11 Å². The van der Waals surface area contributed by atoms with Crippen molar-refractivity contribution in [2.24, 2.45) is 7.05 Å². The Kier molecular flexibility index (Phi) is 2.03. The van der Waals surface area contributed by atoms with E-state index in [-0.39, 0.29) is 0 Å². The van der Waals surface area contributed by atoms with E-state index >= 15 is 0 Å². The quantitative estimate of drug-likeness (QED) is 0.778. The predicted molar refractivity (Wildman–Crippen MR) is 52.4 cm³/mol. The minimum Gasteiger partial charge on any atom is -0.481 e. The first-order valence-corrected chi connectivity index (χ1v) is 4.84. The third kappa shape index (κ3) is 1.50. The van der Waals surface area contributed by atoms with Crippen LogP contribution < -0.4 is 4.74 Å². The molecule has 1 aromatic rings. The van der Waals surface area contributed by atoms with Crippen molar-refractivity contribution in [3.63, 3.8) is 0 Å². The van der Waals surface area contributed by atoms with Crippen molar-refractivity contribution < 1.29 is 9.84 Å². The van der Waals surface area contributed by atoms with Gasteiger partial charge in [-0.2, -0.15) is 5.10 Å². The van der Waals surface area contributed by atoms with Crippen molar-refractivity contribution in [1.29, 1.82) is 0 Å². The maximum absolute atomic E-state index is 9.84. The highest BCUT2D eigenvalue weighted by Crippen LogP contribution is 2.40.